The second-order valence-corrected chi connectivity index (χ2v) is 5.90. The van der Waals surface area contributed by atoms with Gasteiger partial charge in [0, 0.05) is 36.2 Å². The Morgan fingerprint density at radius 1 is 1.48 bits per heavy atom. The largest absolute Gasteiger partial charge is 0.497 e. The second-order valence-electron chi connectivity index (χ2n) is 5.05. The van der Waals surface area contributed by atoms with Gasteiger partial charge in [0.1, 0.15) is 5.75 Å². The molecule has 2 aromatic rings. The zero-order valence-electron chi connectivity index (χ0n) is 11.6. The van der Waals surface area contributed by atoms with Gasteiger partial charge in [-0.25, -0.2) is 0 Å². The molecule has 1 amide bonds. The average molecular weight is 351 g/mol. The summed E-state index contributed by atoms with van der Waals surface area (Å²) >= 11 is 3.42. The van der Waals surface area contributed by atoms with Crippen LogP contribution < -0.4 is 4.74 Å². The van der Waals surface area contributed by atoms with Gasteiger partial charge in [0.2, 0.25) is 0 Å². The predicted molar refractivity (Wildman–Crippen MR) is 80.1 cm³/mol. The fourth-order valence-corrected chi connectivity index (χ4v) is 2.83. The van der Waals surface area contributed by atoms with E-state index in [-0.39, 0.29) is 5.91 Å². The molecular weight excluding hydrogens is 336 g/mol. The molecule has 7 heteroatoms. The van der Waals surface area contributed by atoms with Crippen molar-refractivity contribution < 1.29 is 9.53 Å². The van der Waals surface area contributed by atoms with Crippen LogP contribution in [-0.4, -0.2) is 46.0 Å². The first kappa shape index (κ1) is 14.1. The van der Waals surface area contributed by atoms with Gasteiger partial charge in [0.05, 0.1) is 18.9 Å². The molecule has 1 fully saturated rings. The van der Waals surface area contributed by atoms with E-state index in [0.29, 0.717) is 17.2 Å². The highest BCUT2D eigenvalue weighted by Gasteiger charge is 2.32. The molecule has 1 aromatic carbocycles. The Kier molecular flexibility index (Phi) is 3.92. The van der Waals surface area contributed by atoms with Crippen LogP contribution >= 0.6 is 15.9 Å². The molecule has 0 spiro atoms. The Balaban J connectivity index is 1.63. The van der Waals surface area contributed by atoms with Crippen LogP contribution in [-0.2, 0) is 6.54 Å². The van der Waals surface area contributed by atoms with Crippen molar-refractivity contribution in [2.75, 3.05) is 20.2 Å². The van der Waals surface area contributed by atoms with Gasteiger partial charge in [0.15, 0.2) is 0 Å². The summed E-state index contributed by atoms with van der Waals surface area (Å²) in [5.41, 5.74) is 0.633. The molecule has 1 aliphatic rings. The quantitative estimate of drug-likeness (QED) is 0.843. The highest BCUT2D eigenvalue weighted by molar-refractivity contribution is 9.10. The van der Waals surface area contributed by atoms with Gasteiger partial charge in [-0.1, -0.05) is 5.21 Å². The van der Waals surface area contributed by atoms with E-state index in [2.05, 4.69) is 26.2 Å². The van der Waals surface area contributed by atoms with Crippen LogP contribution in [0, 0.1) is 5.92 Å². The minimum atomic E-state index is 0.0237. The number of carbonyl (C=O) groups is 1. The standard InChI is InChI=1S/C14H15BrN4O2/c1-21-11-2-3-13(15)12(6-11)14(20)18-7-10(8-18)9-19-5-4-16-17-19/h2-6,10H,7-9H2,1H3. The molecule has 1 aliphatic heterocycles. The van der Waals surface area contributed by atoms with Crippen molar-refractivity contribution >= 4 is 21.8 Å². The number of nitrogens with zero attached hydrogens (tertiary/aromatic N) is 4. The first-order chi connectivity index (χ1) is 10.2. The van der Waals surface area contributed by atoms with Crippen molar-refractivity contribution in [3.05, 3.63) is 40.6 Å². The number of hydrogen-bond donors (Lipinski definition) is 0. The highest BCUT2D eigenvalue weighted by Crippen LogP contribution is 2.27. The lowest BCUT2D eigenvalue weighted by Gasteiger charge is -2.39. The summed E-state index contributed by atoms with van der Waals surface area (Å²) in [6, 6.07) is 5.42. The van der Waals surface area contributed by atoms with Crippen LogP contribution in [0.2, 0.25) is 0 Å². The van der Waals surface area contributed by atoms with Crippen LogP contribution in [0.5, 0.6) is 5.75 Å². The number of carbonyl (C=O) groups excluding carboxylic acids is 1. The molecule has 1 saturated heterocycles. The minimum Gasteiger partial charge on any atom is -0.497 e. The number of benzene rings is 1. The number of amides is 1. The number of likely N-dealkylation sites (tertiary alicyclic amines) is 1. The molecule has 2 heterocycles. The Hall–Kier alpha value is -1.89. The van der Waals surface area contributed by atoms with Gasteiger partial charge in [-0.3, -0.25) is 9.48 Å². The lowest BCUT2D eigenvalue weighted by Crippen LogP contribution is -2.51. The van der Waals surface area contributed by atoms with Gasteiger partial charge >= 0.3 is 0 Å². The molecule has 3 rings (SSSR count). The van der Waals surface area contributed by atoms with E-state index in [1.807, 2.05) is 23.2 Å². The molecule has 0 aliphatic carbocycles. The van der Waals surface area contributed by atoms with E-state index < -0.39 is 0 Å². The van der Waals surface area contributed by atoms with E-state index in [0.717, 1.165) is 24.1 Å². The number of halogens is 1. The highest BCUT2D eigenvalue weighted by atomic mass is 79.9. The molecular formula is C14H15BrN4O2. The number of hydrogen-bond acceptors (Lipinski definition) is 4. The van der Waals surface area contributed by atoms with Crippen molar-refractivity contribution in [3.63, 3.8) is 0 Å². The van der Waals surface area contributed by atoms with Crippen LogP contribution in [0.1, 0.15) is 10.4 Å². The number of rotatable bonds is 4. The monoisotopic (exact) mass is 350 g/mol. The molecule has 0 saturated carbocycles. The van der Waals surface area contributed by atoms with Crippen LogP contribution in [0.4, 0.5) is 0 Å². The summed E-state index contributed by atoms with van der Waals surface area (Å²) in [6.45, 7) is 2.27. The summed E-state index contributed by atoms with van der Waals surface area (Å²) in [6.07, 6.45) is 3.50. The number of methoxy groups -OCH3 is 1. The van der Waals surface area contributed by atoms with E-state index in [4.69, 9.17) is 4.74 Å². The van der Waals surface area contributed by atoms with Crippen molar-refractivity contribution in [2.24, 2.45) is 5.92 Å². The Labute approximate surface area is 130 Å². The van der Waals surface area contributed by atoms with Gasteiger partial charge in [-0.15, -0.1) is 5.10 Å². The Bertz CT molecular complexity index is 638. The van der Waals surface area contributed by atoms with Gasteiger partial charge < -0.3 is 9.64 Å². The maximum absolute atomic E-state index is 12.5. The number of aromatic nitrogens is 3. The zero-order chi connectivity index (χ0) is 14.8. The van der Waals surface area contributed by atoms with Gasteiger partial charge in [-0.05, 0) is 34.1 Å². The summed E-state index contributed by atoms with van der Waals surface area (Å²) in [5, 5.41) is 7.72. The molecule has 0 N–H and O–H groups in total. The summed E-state index contributed by atoms with van der Waals surface area (Å²) < 4.78 is 7.76. The normalized spacial score (nSPS) is 14.9. The SMILES string of the molecule is COc1ccc(Br)c(C(=O)N2CC(Cn3ccnn3)C2)c1. The molecule has 6 nitrogen and oxygen atoms in total. The number of ether oxygens (including phenoxy) is 1. The fraction of sp³-hybridized carbons (Fsp3) is 0.357. The second kappa shape index (κ2) is 5.85. The smallest absolute Gasteiger partial charge is 0.255 e. The summed E-state index contributed by atoms with van der Waals surface area (Å²) in [5.74, 6) is 1.14. The van der Waals surface area contributed by atoms with Crippen molar-refractivity contribution in [1.29, 1.82) is 0 Å². The van der Waals surface area contributed by atoms with Crippen LogP contribution in [0.25, 0.3) is 0 Å². The minimum absolute atomic E-state index is 0.0237. The van der Waals surface area contributed by atoms with Gasteiger partial charge in [-0.2, -0.15) is 0 Å². The molecule has 0 atom stereocenters. The Morgan fingerprint density at radius 2 is 2.29 bits per heavy atom. The van der Waals surface area contributed by atoms with E-state index in [1.54, 1.807) is 24.1 Å². The zero-order valence-corrected chi connectivity index (χ0v) is 13.2. The van der Waals surface area contributed by atoms with Crippen molar-refractivity contribution in [2.45, 2.75) is 6.54 Å². The van der Waals surface area contributed by atoms with Crippen molar-refractivity contribution in [1.82, 2.24) is 19.9 Å². The molecule has 0 bridgehead atoms. The fourth-order valence-electron chi connectivity index (χ4n) is 2.41. The van der Waals surface area contributed by atoms with E-state index >= 15 is 0 Å². The summed E-state index contributed by atoms with van der Waals surface area (Å²) in [7, 11) is 1.59. The third-order valence-corrected chi connectivity index (χ3v) is 4.26. The molecule has 110 valence electrons. The van der Waals surface area contributed by atoms with Crippen molar-refractivity contribution in [3.8, 4) is 5.75 Å². The lowest BCUT2D eigenvalue weighted by atomic mass is 9.99. The lowest BCUT2D eigenvalue weighted by molar-refractivity contribution is 0.0459. The average Bonchev–Trinajstić information content (AvgIpc) is 2.95. The predicted octanol–water partition coefficient (Wildman–Crippen LogP) is 1.82. The molecule has 0 unspecified atom stereocenters. The third-order valence-electron chi connectivity index (χ3n) is 3.57. The molecule has 1 aromatic heterocycles. The maximum atomic E-state index is 12.5. The summed E-state index contributed by atoms with van der Waals surface area (Å²) in [4.78, 5) is 14.3. The van der Waals surface area contributed by atoms with Gasteiger partial charge in [0.25, 0.3) is 5.91 Å². The first-order valence-corrected chi connectivity index (χ1v) is 7.43. The Morgan fingerprint density at radius 3 is 2.95 bits per heavy atom. The van der Waals surface area contributed by atoms with Crippen LogP contribution in [0.3, 0.4) is 0 Å². The van der Waals surface area contributed by atoms with Crippen LogP contribution in [0.15, 0.2) is 35.1 Å². The van der Waals surface area contributed by atoms with E-state index in [9.17, 15) is 4.79 Å². The maximum Gasteiger partial charge on any atom is 0.255 e. The van der Waals surface area contributed by atoms with E-state index in [1.165, 1.54) is 0 Å². The topological polar surface area (TPSA) is 60.2 Å². The third kappa shape index (κ3) is 2.92. The first-order valence-electron chi connectivity index (χ1n) is 6.64. The molecule has 21 heavy (non-hydrogen) atoms. The molecule has 0 radical (unpaired) electrons.